The molecule has 32 heavy (non-hydrogen) atoms. The third-order valence-corrected chi connectivity index (χ3v) is 4.85. The smallest absolute Gasteiger partial charge is 0.407 e. The molecular formula is C23H28N4O5. The fraction of sp³-hybridized carbons (Fsp3) is 0.348. The monoisotopic (exact) mass is 440 g/mol. The van der Waals surface area contributed by atoms with Gasteiger partial charge in [-0.2, -0.15) is 4.98 Å². The van der Waals surface area contributed by atoms with Crippen molar-refractivity contribution in [3.05, 3.63) is 42.5 Å². The normalized spacial score (nSPS) is 11.2. The van der Waals surface area contributed by atoms with Crippen LogP contribution in [0.5, 0.6) is 5.75 Å². The van der Waals surface area contributed by atoms with Crippen molar-refractivity contribution in [2.24, 2.45) is 0 Å². The van der Waals surface area contributed by atoms with Crippen LogP contribution in [0.4, 0.5) is 22.2 Å². The minimum absolute atomic E-state index is 0.199. The lowest BCUT2D eigenvalue weighted by Gasteiger charge is -2.33. The van der Waals surface area contributed by atoms with Gasteiger partial charge < -0.3 is 29.8 Å². The first-order valence-electron chi connectivity index (χ1n) is 10.3. The number of nitrogens with zero attached hydrogens (tertiary/aromatic N) is 2. The zero-order valence-electron chi connectivity index (χ0n) is 18.6. The van der Waals surface area contributed by atoms with Crippen molar-refractivity contribution in [2.75, 3.05) is 24.3 Å². The Labute approximate surface area is 186 Å². The number of carboxylic acid groups (broad SMARTS) is 1. The number of nitrogens with one attached hydrogen (secondary N) is 2. The number of ether oxygens (including phenoxy) is 1. The lowest BCUT2D eigenvalue weighted by atomic mass is 10.1. The van der Waals surface area contributed by atoms with E-state index in [9.17, 15) is 14.7 Å². The number of anilines is 3. The van der Waals surface area contributed by atoms with E-state index in [2.05, 4.69) is 15.6 Å². The molecule has 0 aliphatic carbocycles. The predicted molar refractivity (Wildman–Crippen MR) is 123 cm³/mol. The van der Waals surface area contributed by atoms with Crippen LogP contribution in [-0.4, -0.2) is 46.2 Å². The highest BCUT2D eigenvalue weighted by Gasteiger charge is 2.25. The first-order valence-corrected chi connectivity index (χ1v) is 10.3. The van der Waals surface area contributed by atoms with E-state index in [0.29, 0.717) is 35.1 Å². The van der Waals surface area contributed by atoms with Gasteiger partial charge in [-0.15, -0.1) is 0 Å². The average Bonchev–Trinajstić information content (AvgIpc) is 3.13. The number of hydrogen-bond acceptors (Lipinski definition) is 6. The number of benzene rings is 2. The van der Waals surface area contributed by atoms with Crippen LogP contribution in [0.25, 0.3) is 11.1 Å². The summed E-state index contributed by atoms with van der Waals surface area (Å²) in [7, 11) is 1.53. The first-order chi connectivity index (χ1) is 15.2. The fourth-order valence-corrected chi connectivity index (χ4v) is 3.25. The zero-order valence-corrected chi connectivity index (χ0v) is 18.6. The Morgan fingerprint density at radius 3 is 2.59 bits per heavy atom. The number of fused-ring (bicyclic) bond motifs is 1. The largest absolute Gasteiger partial charge is 0.494 e. The van der Waals surface area contributed by atoms with Crippen molar-refractivity contribution in [1.29, 1.82) is 0 Å². The third-order valence-electron chi connectivity index (χ3n) is 4.85. The molecule has 0 aliphatic rings. The van der Waals surface area contributed by atoms with E-state index >= 15 is 0 Å². The molecule has 0 radical (unpaired) electrons. The Bertz CT molecular complexity index is 1070. The molecule has 0 saturated heterocycles. The van der Waals surface area contributed by atoms with Gasteiger partial charge in [0.05, 0.1) is 12.8 Å². The van der Waals surface area contributed by atoms with Crippen LogP contribution in [0, 0.1) is 0 Å². The maximum absolute atomic E-state index is 12.3. The number of oxazole rings is 1. The van der Waals surface area contributed by atoms with Crippen molar-refractivity contribution in [3.63, 3.8) is 0 Å². The number of para-hydroxylation sites is 2. The maximum Gasteiger partial charge on any atom is 0.407 e. The highest BCUT2D eigenvalue weighted by Crippen LogP contribution is 2.31. The zero-order chi connectivity index (χ0) is 23.3. The average molecular weight is 441 g/mol. The van der Waals surface area contributed by atoms with Gasteiger partial charge in [-0.05, 0) is 51.5 Å². The van der Waals surface area contributed by atoms with Gasteiger partial charge in [0.2, 0.25) is 5.91 Å². The molecule has 1 heterocycles. The number of methoxy groups -OCH3 is 1. The highest BCUT2D eigenvalue weighted by molar-refractivity contribution is 5.91. The molecule has 3 rings (SSSR count). The highest BCUT2D eigenvalue weighted by atomic mass is 16.5. The molecule has 0 atom stereocenters. The molecule has 170 valence electrons. The number of carbonyl (C=O) groups excluding carboxylic acids is 1. The van der Waals surface area contributed by atoms with E-state index in [1.165, 1.54) is 12.0 Å². The van der Waals surface area contributed by atoms with E-state index in [1.54, 1.807) is 18.2 Å². The van der Waals surface area contributed by atoms with Crippen LogP contribution in [-0.2, 0) is 4.79 Å². The first kappa shape index (κ1) is 22.9. The summed E-state index contributed by atoms with van der Waals surface area (Å²) >= 11 is 0. The van der Waals surface area contributed by atoms with Crippen molar-refractivity contribution in [3.8, 4) is 5.75 Å². The second-order valence-corrected chi connectivity index (χ2v) is 8.28. The standard InChI is InChI=1S/C23H28N4O5/c1-23(2,3)27(22(29)30)13-7-10-20(28)24-15-11-12-17(19(14-15)31-4)26-21-25-16-8-5-6-9-18(16)32-21/h5-6,8-9,11-12,14H,7,10,13H2,1-4H3,(H,24,28)(H,25,26)(H,29,30). The number of amides is 2. The summed E-state index contributed by atoms with van der Waals surface area (Å²) in [6, 6.07) is 13.0. The number of rotatable bonds is 8. The Morgan fingerprint density at radius 2 is 1.94 bits per heavy atom. The molecule has 3 N–H and O–H groups in total. The number of carbonyl (C=O) groups is 2. The van der Waals surface area contributed by atoms with Gasteiger partial charge in [0, 0.05) is 30.3 Å². The molecule has 0 spiro atoms. The van der Waals surface area contributed by atoms with Gasteiger partial charge in [0.1, 0.15) is 11.3 Å². The summed E-state index contributed by atoms with van der Waals surface area (Å²) in [6.45, 7) is 5.75. The predicted octanol–water partition coefficient (Wildman–Crippen LogP) is 5.08. The number of aromatic nitrogens is 1. The van der Waals surface area contributed by atoms with E-state index in [4.69, 9.17) is 9.15 Å². The maximum atomic E-state index is 12.3. The van der Waals surface area contributed by atoms with E-state index in [0.717, 1.165) is 5.52 Å². The van der Waals surface area contributed by atoms with Gasteiger partial charge in [-0.3, -0.25) is 4.79 Å². The summed E-state index contributed by atoms with van der Waals surface area (Å²) in [4.78, 5) is 29.4. The van der Waals surface area contributed by atoms with E-state index in [-0.39, 0.29) is 18.9 Å². The molecule has 0 unspecified atom stereocenters. The summed E-state index contributed by atoms with van der Waals surface area (Å²) in [6.07, 6.45) is -0.376. The molecule has 9 heteroatoms. The molecule has 9 nitrogen and oxygen atoms in total. The second kappa shape index (κ2) is 9.59. The molecule has 0 fully saturated rings. The van der Waals surface area contributed by atoms with Crippen LogP contribution < -0.4 is 15.4 Å². The molecule has 0 saturated carbocycles. The van der Waals surface area contributed by atoms with Crippen LogP contribution >= 0.6 is 0 Å². The van der Waals surface area contributed by atoms with Crippen molar-refractivity contribution < 1.29 is 23.8 Å². The van der Waals surface area contributed by atoms with Gasteiger partial charge in [-0.1, -0.05) is 12.1 Å². The van der Waals surface area contributed by atoms with Crippen molar-refractivity contribution in [2.45, 2.75) is 39.2 Å². The minimum atomic E-state index is -0.996. The van der Waals surface area contributed by atoms with Gasteiger partial charge in [0.25, 0.3) is 6.01 Å². The Kier molecular flexibility index (Phi) is 6.87. The van der Waals surface area contributed by atoms with Crippen molar-refractivity contribution >= 4 is 40.5 Å². The summed E-state index contributed by atoms with van der Waals surface area (Å²) in [5, 5.41) is 15.2. The van der Waals surface area contributed by atoms with Gasteiger partial charge in [0.15, 0.2) is 5.58 Å². The summed E-state index contributed by atoms with van der Waals surface area (Å²) in [5.74, 6) is 0.306. The Hall–Kier alpha value is -3.75. The molecule has 2 amide bonds. The Balaban J connectivity index is 1.60. The lowest BCUT2D eigenvalue weighted by molar-refractivity contribution is -0.116. The molecule has 2 aromatic carbocycles. The fourth-order valence-electron chi connectivity index (χ4n) is 3.25. The van der Waals surface area contributed by atoms with Crippen LogP contribution in [0.3, 0.4) is 0 Å². The molecule has 0 aliphatic heterocycles. The van der Waals surface area contributed by atoms with E-state index < -0.39 is 11.6 Å². The van der Waals surface area contributed by atoms with Gasteiger partial charge in [-0.25, -0.2) is 4.79 Å². The second-order valence-electron chi connectivity index (χ2n) is 8.28. The van der Waals surface area contributed by atoms with Gasteiger partial charge >= 0.3 is 6.09 Å². The Morgan fingerprint density at radius 1 is 1.19 bits per heavy atom. The minimum Gasteiger partial charge on any atom is -0.494 e. The number of hydrogen-bond donors (Lipinski definition) is 3. The molecule has 1 aromatic heterocycles. The topological polar surface area (TPSA) is 117 Å². The lowest BCUT2D eigenvalue weighted by Crippen LogP contribution is -2.45. The van der Waals surface area contributed by atoms with Crippen molar-refractivity contribution in [1.82, 2.24) is 9.88 Å². The third kappa shape index (κ3) is 5.69. The summed E-state index contributed by atoms with van der Waals surface area (Å²) in [5.41, 5.74) is 2.10. The van der Waals surface area contributed by atoms with Crippen LogP contribution in [0.2, 0.25) is 0 Å². The SMILES string of the molecule is COc1cc(NC(=O)CCCN(C(=O)O)C(C)(C)C)ccc1Nc1nc2ccccc2o1. The summed E-state index contributed by atoms with van der Waals surface area (Å²) < 4.78 is 11.1. The molecular weight excluding hydrogens is 412 g/mol. The van der Waals surface area contributed by atoms with Crippen LogP contribution in [0.15, 0.2) is 46.9 Å². The molecule has 0 bridgehead atoms. The van der Waals surface area contributed by atoms with Crippen LogP contribution in [0.1, 0.15) is 33.6 Å². The quantitative estimate of drug-likeness (QED) is 0.447. The molecule has 3 aromatic rings. The van der Waals surface area contributed by atoms with E-state index in [1.807, 2.05) is 45.0 Å².